The van der Waals surface area contributed by atoms with Crippen molar-refractivity contribution in [3.8, 4) is 16.4 Å². The van der Waals surface area contributed by atoms with E-state index < -0.39 is 0 Å². The van der Waals surface area contributed by atoms with Crippen LogP contribution in [0.1, 0.15) is 5.69 Å². The third-order valence-corrected chi connectivity index (χ3v) is 5.24. The van der Waals surface area contributed by atoms with Gasteiger partial charge in [0.2, 0.25) is 5.13 Å². The molecular weight excluding hydrogens is 426 g/mol. The minimum Gasteiger partial charge on any atom is -0.291 e. The van der Waals surface area contributed by atoms with E-state index in [-0.39, 0.29) is 11.2 Å². The van der Waals surface area contributed by atoms with Crippen LogP contribution in [0, 0.1) is 6.92 Å². The molecule has 4 aromatic rings. The van der Waals surface area contributed by atoms with E-state index in [0.29, 0.717) is 16.5 Å². The number of benzene rings is 2. The Kier molecular flexibility index (Phi) is 4.83. The van der Waals surface area contributed by atoms with Crippen LogP contribution in [-0.4, -0.2) is 14.8 Å². The highest BCUT2D eigenvalue weighted by Crippen LogP contribution is 2.25. The maximum atomic E-state index is 12.7. The van der Waals surface area contributed by atoms with Gasteiger partial charge in [-0.3, -0.25) is 9.89 Å². The van der Waals surface area contributed by atoms with E-state index in [4.69, 9.17) is 0 Å². The molecule has 8 heteroatoms. The third kappa shape index (κ3) is 3.67. The van der Waals surface area contributed by atoms with Gasteiger partial charge in [0.05, 0.1) is 17.1 Å². The Morgan fingerprint density at radius 1 is 1.07 bits per heavy atom. The fourth-order valence-corrected chi connectivity index (χ4v) is 3.57. The van der Waals surface area contributed by atoms with Crippen molar-refractivity contribution >= 4 is 38.6 Å². The smallest absolute Gasteiger partial charge is 0.291 e. The highest BCUT2D eigenvalue weighted by molar-refractivity contribution is 9.10. The molecule has 134 valence electrons. The molecule has 4 rings (SSSR count). The first-order chi connectivity index (χ1) is 13.1. The number of halogens is 1. The first kappa shape index (κ1) is 17.6. The summed E-state index contributed by atoms with van der Waals surface area (Å²) in [5.41, 5.74) is 3.14. The van der Waals surface area contributed by atoms with Crippen LogP contribution in [0.25, 0.3) is 16.4 Å². The molecule has 0 fully saturated rings. The Morgan fingerprint density at radius 2 is 1.81 bits per heavy atom. The topological polar surface area (TPSA) is 75.4 Å². The predicted octanol–water partition coefficient (Wildman–Crippen LogP) is 5.78. The van der Waals surface area contributed by atoms with Gasteiger partial charge in [0, 0.05) is 15.4 Å². The largest absolute Gasteiger partial charge is 0.301 e. The number of hydrogen-bond acceptors (Lipinski definition) is 5. The van der Waals surface area contributed by atoms with E-state index in [1.165, 1.54) is 16.0 Å². The number of nitrogens with one attached hydrogen (secondary N) is 1. The standard InChI is InChI=1S/C19H14BrN5OS/c1-12-17(23-22-15-9-7-14(20)8-10-15)18(26)25(24-12)19-21-16(11-27-19)13-5-3-2-4-6-13/h2-11,24H,1H3. The number of H-pyrrole nitrogens is 1. The zero-order valence-electron chi connectivity index (χ0n) is 14.3. The van der Waals surface area contributed by atoms with Crippen LogP contribution in [0.3, 0.4) is 0 Å². The van der Waals surface area contributed by atoms with E-state index in [0.717, 1.165) is 15.7 Å². The molecule has 0 spiro atoms. The van der Waals surface area contributed by atoms with Gasteiger partial charge in [-0.05, 0) is 31.2 Å². The number of azo groups is 1. The van der Waals surface area contributed by atoms with E-state index in [9.17, 15) is 4.79 Å². The summed E-state index contributed by atoms with van der Waals surface area (Å²) in [5, 5.41) is 13.8. The van der Waals surface area contributed by atoms with Gasteiger partial charge >= 0.3 is 5.56 Å². The van der Waals surface area contributed by atoms with Crippen molar-refractivity contribution in [2.24, 2.45) is 10.2 Å². The highest BCUT2D eigenvalue weighted by Gasteiger charge is 2.15. The fourth-order valence-electron chi connectivity index (χ4n) is 2.51. The maximum Gasteiger partial charge on any atom is 0.301 e. The zero-order valence-corrected chi connectivity index (χ0v) is 16.7. The molecule has 0 bridgehead atoms. The molecule has 2 heterocycles. The summed E-state index contributed by atoms with van der Waals surface area (Å²) in [7, 11) is 0. The number of aromatic amines is 1. The van der Waals surface area contributed by atoms with Crippen LogP contribution in [0.15, 0.2) is 79.5 Å². The summed E-state index contributed by atoms with van der Waals surface area (Å²) in [5.74, 6) is 0. The van der Waals surface area contributed by atoms with Crippen molar-refractivity contribution in [1.82, 2.24) is 14.8 Å². The van der Waals surface area contributed by atoms with Gasteiger partial charge in [0.1, 0.15) is 0 Å². The van der Waals surface area contributed by atoms with Crippen LogP contribution >= 0.6 is 27.3 Å². The Hall–Kier alpha value is -2.84. The molecule has 0 radical (unpaired) electrons. The molecule has 6 nitrogen and oxygen atoms in total. The molecule has 0 aliphatic rings. The lowest BCUT2D eigenvalue weighted by Crippen LogP contribution is -2.13. The van der Waals surface area contributed by atoms with Crippen molar-refractivity contribution in [1.29, 1.82) is 0 Å². The number of aromatic nitrogens is 3. The van der Waals surface area contributed by atoms with Crippen LogP contribution in [0.2, 0.25) is 0 Å². The lowest BCUT2D eigenvalue weighted by Gasteiger charge is -1.95. The number of hydrogen-bond donors (Lipinski definition) is 1. The Balaban J connectivity index is 1.66. The molecule has 0 saturated carbocycles. The zero-order chi connectivity index (χ0) is 18.8. The van der Waals surface area contributed by atoms with Crippen molar-refractivity contribution < 1.29 is 0 Å². The summed E-state index contributed by atoms with van der Waals surface area (Å²) >= 11 is 4.77. The van der Waals surface area contributed by atoms with Crippen molar-refractivity contribution in [2.75, 3.05) is 0 Å². The molecule has 0 amide bonds. The van der Waals surface area contributed by atoms with Crippen molar-refractivity contribution in [2.45, 2.75) is 6.92 Å². The van der Waals surface area contributed by atoms with E-state index >= 15 is 0 Å². The summed E-state index contributed by atoms with van der Waals surface area (Å²) in [6.45, 7) is 1.79. The van der Waals surface area contributed by atoms with Crippen LogP contribution in [-0.2, 0) is 0 Å². The molecule has 2 aromatic carbocycles. The van der Waals surface area contributed by atoms with E-state index in [1.807, 2.05) is 60.0 Å². The molecule has 0 aliphatic heterocycles. The first-order valence-electron chi connectivity index (χ1n) is 8.12. The van der Waals surface area contributed by atoms with E-state index in [1.54, 1.807) is 6.92 Å². The quantitative estimate of drug-likeness (QED) is 0.409. The van der Waals surface area contributed by atoms with Gasteiger partial charge in [0.25, 0.3) is 0 Å². The Labute approximate surface area is 167 Å². The second-order valence-electron chi connectivity index (χ2n) is 5.78. The molecular formula is C19H14BrN5OS. The van der Waals surface area contributed by atoms with Gasteiger partial charge in [-0.2, -0.15) is 9.80 Å². The van der Waals surface area contributed by atoms with Gasteiger partial charge < -0.3 is 0 Å². The van der Waals surface area contributed by atoms with Gasteiger partial charge in [0.15, 0.2) is 5.69 Å². The van der Waals surface area contributed by atoms with Crippen molar-refractivity contribution in [3.05, 3.63) is 80.5 Å². The molecule has 1 N–H and O–H groups in total. The number of aryl methyl sites for hydroxylation is 1. The summed E-state index contributed by atoms with van der Waals surface area (Å²) < 4.78 is 2.36. The summed E-state index contributed by atoms with van der Waals surface area (Å²) in [4.78, 5) is 17.3. The molecule has 2 aromatic heterocycles. The monoisotopic (exact) mass is 439 g/mol. The van der Waals surface area contributed by atoms with E-state index in [2.05, 4.69) is 36.2 Å². The fraction of sp³-hybridized carbons (Fsp3) is 0.0526. The molecule has 27 heavy (non-hydrogen) atoms. The Morgan fingerprint density at radius 3 is 2.56 bits per heavy atom. The van der Waals surface area contributed by atoms with Crippen LogP contribution in [0.4, 0.5) is 11.4 Å². The SMILES string of the molecule is Cc1[nH]n(-c2nc(-c3ccccc3)cs2)c(=O)c1N=Nc1ccc(Br)cc1. The number of thiazole rings is 1. The Bertz CT molecular complexity index is 1160. The van der Waals surface area contributed by atoms with Crippen molar-refractivity contribution in [3.63, 3.8) is 0 Å². The highest BCUT2D eigenvalue weighted by atomic mass is 79.9. The first-order valence-corrected chi connectivity index (χ1v) is 9.79. The van der Waals surface area contributed by atoms with Crippen LogP contribution < -0.4 is 5.56 Å². The molecule has 0 atom stereocenters. The second kappa shape index (κ2) is 7.42. The minimum atomic E-state index is -0.276. The summed E-state index contributed by atoms with van der Waals surface area (Å²) in [6.07, 6.45) is 0. The molecule has 0 aliphatic carbocycles. The number of nitrogens with zero attached hydrogens (tertiary/aromatic N) is 4. The maximum absolute atomic E-state index is 12.7. The lowest BCUT2D eigenvalue weighted by molar-refractivity contribution is 0.827. The number of rotatable bonds is 4. The van der Waals surface area contributed by atoms with Gasteiger partial charge in [-0.1, -0.05) is 46.3 Å². The molecule has 0 saturated heterocycles. The average molecular weight is 440 g/mol. The molecule has 0 unspecified atom stereocenters. The van der Waals surface area contributed by atoms with Crippen LogP contribution in [0.5, 0.6) is 0 Å². The minimum absolute atomic E-state index is 0.273. The second-order valence-corrected chi connectivity index (χ2v) is 7.54. The predicted molar refractivity (Wildman–Crippen MR) is 111 cm³/mol. The lowest BCUT2D eigenvalue weighted by atomic mass is 10.2. The summed E-state index contributed by atoms with van der Waals surface area (Å²) in [6, 6.07) is 17.2. The van der Waals surface area contributed by atoms with Gasteiger partial charge in [-0.25, -0.2) is 4.98 Å². The van der Waals surface area contributed by atoms with Gasteiger partial charge in [-0.15, -0.1) is 16.5 Å². The average Bonchev–Trinajstić information content (AvgIpc) is 3.27. The normalized spacial score (nSPS) is 11.3. The third-order valence-electron chi connectivity index (χ3n) is 3.89.